The van der Waals surface area contributed by atoms with Crippen molar-refractivity contribution in [3.8, 4) is 5.75 Å². The molecule has 2 atom stereocenters. The molecule has 0 spiro atoms. The number of rotatable bonds is 6. The van der Waals surface area contributed by atoms with Crippen molar-refractivity contribution >= 4 is 16.9 Å². The van der Waals surface area contributed by atoms with Gasteiger partial charge in [-0.2, -0.15) is 0 Å². The Labute approximate surface area is 111 Å². The highest BCUT2D eigenvalue weighted by atomic mass is 32.2. The van der Waals surface area contributed by atoms with Crippen molar-refractivity contribution in [2.75, 3.05) is 12.4 Å². The van der Waals surface area contributed by atoms with Crippen LogP contribution in [0.4, 0.5) is 0 Å². The maximum absolute atomic E-state index is 10.8. The van der Waals surface area contributed by atoms with Crippen LogP contribution in [0.15, 0.2) is 24.3 Å². The Morgan fingerprint density at radius 3 is 2.44 bits per heavy atom. The number of hydrogen-bond donors (Lipinski definition) is 2. The Hall–Kier alpha value is -1.04. The third kappa shape index (κ3) is 4.68. The molecular formula is C13H18O4S. The van der Waals surface area contributed by atoms with Crippen LogP contribution in [0.2, 0.25) is 0 Å². The number of carbonyl (C=O) groups excluding carboxylic acids is 1. The summed E-state index contributed by atoms with van der Waals surface area (Å²) in [5, 5.41) is 19.6. The fourth-order valence-electron chi connectivity index (χ4n) is 1.44. The zero-order valence-electron chi connectivity index (χ0n) is 10.5. The molecule has 5 heteroatoms. The van der Waals surface area contributed by atoms with Crippen LogP contribution in [0.3, 0.4) is 0 Å². The second-order valence-corrected chi connectivity index (χ2v) is 5.01. The Balaban J connectivity index is 2.59. The van der Waals surface area contributed by atoms with Crippen LogP contribution in [0.25, 0.3) is 0 Å². The first-order valence-corrected chi connectivity index (χ1v) is 6.75. The zero-order chi connectivity index (χ0) is 13.5. The lowest BCUT2D eigenvalue weighted by atomic mass is 10.1. The van der Waals surface area contributed by atoms with Gasteiger partial charge >= 0.3 is 0 Å². The van der Waals surface area contributed by atoms with Crippen LogP contribution in [-0.2, 0) is 4.79 Å². The number of thioether (sulfide) groups is 1. The summed E-state index contributed by atoms with van der Waals surface area (Å²) in [5.41, 5.74) is 0.607. The minimum Gasteiger partial charge on any atom is -0.494 e. The lowest BCUT2D eigenvalue weighted by Crippen LogP contribution is -2.21. The van der Waals surface area contributed by atoms with E-state index in [1.54, 1.807) is 24.3 Å². The molecule has 0 bridgehead atoms. The number of hydrogen-bond acceptors (Lipinski definition) is 5. The maximum atomic E-state index is 10.8. The molecule has 0 aliphatic rings. The molecule has 4 nitrogen and oxygen atoms in total. The van der Waals surface area contributed by atoms with Crippen LogP contribution in [0, 0.1) is 0 Å². The third-order valence-electron chi connectivity index (χ3n) is 2.35. The van der Waals surface area contributed by atoms with Gasteiger partial charge in [0.1, 0.15) is 11.9 Å². The molecule has 0 amide bonds. The molecule has 1 rings (SSSR count). The van der Waals surface area contributed by atoms with Crippen LogP contribution in [0.1, 0.15) is 25.5 Å². The Morgan fingerprint density at radius 2 is 1.94 bits per heavy atom. The monoisotopic (exact) mass is 270 g/mol. The average molecular weight is 270 g/mol. The average Bonchev–Trinajstić information content (AvgIpc) is 2.36. The van der Waals surface area contributed by atoms with Crippen molar-refractivity contribution in [3.05, 3.63) is 29.8 Å². The van der Waals surface area contributed by atoms with E-state index in [4.69, 9.17) is 4.74 Å². The van der Waals surface area contributed by atoms with Crippen molar-refractivity contribution in [2.24, 2.45) is 0 Å². The molecule has 2 unspecified atom stereocenters. The topological polar surface area (TPSA) is 66.8 Å². The standard InChI is InChI=1S/C13H18O4S/c1-3-17-11-6-4-10(5-7-11)13(16)12(15)8-18-9(2)14/h4-7,12-13,15-16H,3,8H2,1-2H3. The second kappa shape index (κ2) is 7.41. The van der Waals surface area contributed by atoms with E-state index < -0.39 is 12.2 Å². The smallest absolute Gasteiger partial charge is 0.185 e. The molecular weight excluding hydrogens is 252 g/mol. The molecule has 0 aromatic heterocycles. The van der Waals surface area contributed by atoms with E-state index in [9.17, 15) is 15.0 Å². The van der Waals surface area contributed by atoms with Crippen molar-refractivity contribution < 1.29 is 19.7 Å². The van der Waals surface area contributed by atoms with Gasteiger partial charge in [0.25, 0.3) is 0 Å². The summed E-state index contributed by atoms with van der Waals surface area (Å²) in [6.07, 6.45) is -1.95. The van der Waals surface area contributed by atoms with Crippen LogP contribution in [0.5, 0.6) is 5.75 Å². The molecule has 0 aliphatic heterocycles. The fraction of sp³-hybridized carbons (Fsp3) is 0.462. The lowest BCUT2D eigenvalue weighted by Gasteiger charge is -2.17. The Bertz CT molecular complexity index is 377. The van der Waals surface area contributed by atoms with Crippen LogP contribution >= 0.6 is 11.8 Å². The second-order valence-electron chi connectivity index (χ2n) is 3.82. The molecule has 0 saturated heterocycles. The van der Waals surface area contributed by atoms with E-state index in [0.29, 0.717) is 12.2 Å². The minimum atomic E-state index is -0.993. The maximum Gasteiger partial charge on any atom is 0.185 e. The summed E-state index contributed by atoms with van der Waals surface area (Å²) in [7, 11) is 0. The molecule has 1 aromatic rings. The summed E-state index contributed by atoms with van der Waals surface area (Å²) in [6.45, 7) is 3.91. The van der Waals surface area contributed by atoms with E-state index in [1.165, 1.54) is 6.92 Å². The van der Waals surface area contributed by atoms with Gasteiger partial charge < -0.3 is 14.9 Å². The number of carbonyl (C=O) groups is 1. The highest BCUT2D eigenvalue weighted by molar-refractivity contribution is 8.13. The van der Waals surface area contributed by atoms with Crippen molar-refractivity contribution in [2.45, 2.75) is 26.1 Å². The van der Waals surface area contributed by atoms with Crippen LogP contribution in [-0.4, -0.2) is 33.8 Å². The number of ether oxygens (including phenoxy) is 1. The molecule has 100 valence electrons. The normalized spacial score (nSPS) is 14.0. The quantitative estimate of drug-likeness (QED) is 0.824. The van der Waals surface area contributed by atoms with Gasteiger partial charge in [-0.05, 0) is 24.6 Å². The van der Waals surface area contributed by atoms with Gasteiger partial charge in [-0.15, -0.1) is 0 Å². The van der Waals surface area contributed by atoms with Gasteiger partial charge in [-0.1, -0.05) is 23.9 Å². The summed E-state index contributed by atoms with van der Waals surface area (Å²) < 4.78 is 5.29. The van der Waals surface area contributed by atoms with Crippen molar-refractivity contribution in [1.82, 2.24) is 0 Å². The predicted octanol–water partition coefficient (Wildman–Crippen LogP) is 1.76. The molecule has 18 heavy (non-hydrogen) atoms. The first kappa shape index (κ1) is 15.0. The van der Waals surface area contributed by atoms with E-state index in [1.807, 2.05) is 6.92 Å². The SMILES string of the molecule is CCOc1ccc(C(O)C(O)CSC(C)=O)cc1. The van der Waals surface area contributed by atoms with Gasteiger partial charge in [0, 0.05) is 12.7 Å². The third-order valence-corrected chi connectivity index (χ3v) is 3.27. The minimum absolute atomic E-state index is 0.0760. The van der Waals surface area contributed by atoms with E-state index in [0.717, 1.165) is 17.5 Å². The van der Waals surface area contributed by atoms with E-state index >= 15 is 0 Å². The molecule has 0 fully saturated rings. The summed E-state index contributed by atoms with van der Waals surface area (Å²) in [6, 6.07) is 6.90. The number of aliphatic hydroxyl groups excluding tert-OH is 2. The molecule has 1 aromatic carbocycles. The van der Waals surface area contributed by atoms with Crippen molar-refractivity contribution in [3.63, 3.8) is 0 Å². The molecule has 0 aliphatic carbocycles. The largest absolute Gasteiger partial charge is 0.494 e. The summed E-state index contributed by atoms with van der Waals surface area (Å²) in [4.78, 5) is 10.8. The van der Waals surface area contributed by atoms with Gasteiger partial charge in [0.05, 0.1) is 12.7 Å². The van der Waals surface area contributed by atoms with Gasteiger partial charge in [0.15, 0.2) is 5.12 Å². The molecule has 0 radical (unpaired) electrons. The van der Waals surface area contributed by atoms with Gasteiger partial charge in [-0.25, -0.2) is 0 Å². The van der Waals surface area contributed by atoms with E-state index in [2.05, 4.69) is 0 Å². The first-order valence-electron chi connectivity index (χ1n) is 5.76. The molecule has 2 N–H and O–H groups in total. The molecule has 0 heterocycles. The highest BCUT2D eigenvalue weighted by Crippen LogP contribution is 2.22. The fourth-order valence-corrected chi connectivity index (χ4v) is 2.03. The Morgan fingerprint density at radius 1 is 1.33 bits per heavy atom. The zero-order valence-corrected chi connectivity index (χ0v) is 11.3. The summed E-state index contributed by atoms with van der Waals surface area (Å²) >= 11 is 1.00. The van der Waals surface area contributed by atoms with Crippen LogP contribution < -0.4 is 4.74 Å². The van der Waals surface area contributed by atoms with Gasteiger partial charge in [-0.3, -0.25) is 4.79 Å². The van der Waals surface area contributed by atoms with Gasteiger partial charge in [0.2, 0.25) is 0 Å². The highest BCUT2D eigenvalue weighted by Gasteiger charge is 2.19. The molecule has 0 saturated carbocycles. The van der Waals surface area contributed by atoms with Crippen molar-refractivity contribution in [1.29, 1.82) is 0 Å². The summed E-state index contributed by atoms with van der Waals surface area (Å²) in [5.74, 6) is 0.907. The first-order chi connectivity index (χ1) is 8.54. The number of aliphatic hydroxyl groups is 2. The Kier molecular flexibility index (Phi) is 6.18. The number of benzene rings is 1. The van der Waals surface area contributed by atoms with E-state index in [-0.39, 0.29) is 10.9 Å². The lowest BCUT2D eigenvalue weighted by molar-refractivity contribution is -0.109. The predicted molar refractivity (Wildman–Crippen MR) is 71.7 cm³/mol.